The molecule has 218 valence electrons. The molecule has 5 amide bonds. The van der Waals surface area contributed by atoms with Gasteiger partial charge in [0.25, 0.3) is 11.8 Å². The van der Waals surface area contributed by atoms with E-state index in [9.17, 15) is 24.0 Å². The van der Waals surface area contributed by atoms with Gasteiger partial charge in [-0.25, -0.2) is 14.7 Å². The Morgan fingerprint density at radius 2 is 1.81 bits per heavy atom. The van der Waals surface area contributed by atoms with Crippen molar-refractivity contribution in [2.24, 2.45) is 0 Å². The summed E-state index contributed by atoms with van der Waals surface area (Å²) in [6, 6.07) is 12.8. The van der Waals surface area contributed by atoms with Crippen molar-refractivity contribution in [3.8, 4) is 5.75 Å². The number of hydrogen-bond acceptors (Lipinski definition) is 8. The second-order valence-corrected chi connectivity index (χ2v) is 11.0. The first-order chi connectivity index (χ1) is 20.3. The summed E-state index contributed by atoms with van der Waals surface area (Å²) in [5.74, 6) is -1.52. The number of nitrogens with zero attached hydrogens (tertiary/aromatic N) is 3. The molecule has 2 aliphatic rings. The SMILES string of the molecule is CCC(=O)c1csc(NC(=O)[C@H]([C@@H](C)c2ccccc2)N2C(=O)N[C@H](c3ccc(OCC(=O)N4CCC4)cc3)C2=O)n1. The summed E-state index contributed by atoms with van der Waals surface area (Å²) < 4.78 is 5.59. The number of urea groups is 1. The lowest BCUT2D eigenvalue weighted by Crippen LogP contribution is -2.50. The van der Waals surface area contributed by atoms with Gasteiger partial charge in [0.2, 0.25) is 5.91 Å². The van der Waals surface area contributed by atoms with Gasteiger partial charge in [0, 0.05) is 30.8 Å². The van der Waals surface area contributed by atoms with Crippen LogP contribution >= 0.6 is 11.3 Å². The molecule has 2 fully saturated rings. The number of carbonyl (C=O) groups is 5. The number of likely N-dealkylation sites (tertiary alicyclic amines) is 1. The van der Waals surface area contributed by atoms with Gasteiger partial charge >= 0.3 is 6.03 Å². The van der Waals surface area contributed by atoms with Crippen LogP contribution in [0.25, 0.3) is 0 Å². The highest BCUT2D eigenvalue weighted by Crippen LogP contribution is 2.32. The molecule has 11 nitrogen and oxygen atoms in total. The second-order valence-electron chi connectivity index (χ2n) is 10.1. The number of thiazole rings is 1. The number of anilines is 1. The van der Waals surface area contributed by atoms with Crippen LogP contribution in [-0.4, -0.2) is 70.1 Å². The summed E-state index contributed by atoms with van der Waals surface area (Å²) in [5.41, 5.74) is 1.52. The summed E-state index contributed by atoms with van der Waals surface area (Å²) in [4.78, 5) is 71.7. The Hall–Kier alpha value is -4.58. The monoisotopic (exact) mass is 589 g/mol. The second kappa shape index (κ2) is 12.5. The third-order valence-corrected chi connectivity index (χ3v) is 8.20. The van der Waals surface area contributed by atoms with Gasteiger partial charge in [0.1, 0.15) is 23.5 Å². The molecule has 2 aliphatic heterocycles. The van der Waals surface area contributed by atoms with Crippen LogP contribution in [0.4, 0.5) is 9.93 Å². The Bertz CT molecular complexity index is 1490. The number of imide groups is 1. The smallest absolute Gasteiger partial charge is 0.325 e. The average molecular weight is 590 g/mol. The molecule has 0 saturated carbocycles. The largest absolute Gasteiger partial charge is 0.484 e. The molecule has 2 saturated heterocycles. The van der Waals surface area contributed by atoms with E-state index in [1.807, 2.05) is 30.3 Å². The Kier molecular flexibility index (Phi) is 8.62. The summed E-state index contributed by atoms with van der Waals surface area (Å²) in [6.45, 7) is 4.91. The molecule has 0 spiro atoms. The van der Waals surface area contributed by atoms with Crippen molar-refractivity contribution in [3.63, 3.8) is 0 Å². The number of nitrogens with one attached hydrogen (secondary N) is 2. The third-order valence-electron chi connectivity index (χ3n) is 7.44. The Balaban J connectivity index is 1.34. The van der Waals surface area contributed by atoms with E-state index in [0.717, 1.165) is 41.3 Å². The number of hydrogen-bond donors (Lipinski definition) is 2. The number of Topliss-reactive ketones (excluding diaryl/α,β-unsaturated/α-hetero) is 1. The van der Waals surface area contributed by atoms with E-state index in [-0.39, 0.29) is 35.5 Å². The standard InChI is InChI=1S/C30H31N5O6S/c1-3-23(36)22-17-42-29(31-22)33-27(38)26(18(2)19-8-5-4-6-9-19)35-28(39)25(32-30(35)40)20-10-12-21(13-11-20)41-16-24(37)34-14-7-15-34/h4-6,8-13,17-18,25-26H,3,7,14-16H2,1-2H3,(H,32,40)(H,31,33,38)/t18-,25+,26-/m0/s1. The van der Waals surface area contributed by atoms with Crippen molar-refractivity contribution < 1.29 is 28.7 Å². The number of carbonyl (C=O) groups excluding carboxylic acids is 5. The Morgan fingerprint density at radius 1 is 1.10 bits per heavy atom. The lowest BCUT2D eigenvalue weighted by molar-refractivity contribution is -0.136. The van der Waals surface area contributed by atoms with Gasteiger partial charge in [-0.3, -0.25) is 19.2 Å². The van der Waals surface area contributed by atoms with Crippen LogP contribution in [0.2, 0.25) is 0 Å². The molecular weight excluding hydrogens is 558 g/mol. The van der Waals surface area contributed by atoms with E-state index >= 15 is 0 Å². The van der Waals surface area contributed by atoms with Crippen LogP contribution < -0.4 is 15.4 Å². The first-order valence-electron chi connectivity index (χ1n) is 13.8. The minimum Gasteiger partial charge on any atom is -0.484 e. The molecule has 3 atom stereocenters. The van der Waals surface area contributed by atoms with Gasteiger partial charge in [0.05, 0.1) is 0 Å². The maximum Gasteiger partial charge on any atom is 0.325 e. The highest BCUT2D eigenvalue weighted by molar-refractivity contribution is 7.14. The molecule has 2 N–H and O–H groups in total. The predicted octanol–water partition coefficient (Wildman–Crippen LogP) is 3.75. The normalized spacial score (nSPS) is 17.7. The number of ketones is 1. The Morgan fingerprint density at radius 3 is 2.45 bits per heavy atom. The van der Waals surface area contributed by atoms with Gasteiger partial charge in [0.15, 0.2) is 17.5 Å². The fourth-order valence-corrected chi connectivity index (χ4v) is 5.59. The number of aromatic nitrogens is 1. The zero-order chi connectivity index (χ0) is 29.8. The van der Waals surface area contributed by atoms with Gasteiger partial charge in [-0.05, 0) is 29.7 Å². The van der Waals surface area contributed by atoms with Crippen molar-refractivity contribution in [1.29, 1.82) is 0 Å². The molecule has 2 aromatic carbocycles. The van der Waals surface area contributed by atoms with Gasteiger partial charge < -0.3 is 20.3 Å². The van der Waals surface area contributed by atoms with Crippen molar-refractivity contribution in [2.75, 3.05) is 25.0 Å². The number of rotatable bonds is 11. The van der Waals surface area contributed by atoms with E-state index in [2.05, 4.69) is 15.6 Å². The van der Waals surface area contributed by atoms with Crippen LogP contribution in [0.3, 0.4) is 0 Å². The first kappa shape index (κ1) is 28.9. The number of ether oxygens (including phenoxy) is 1. The van der Waals surface area contributed by atoms with Gasteiger partial charge in [-0.1, -0.05) is 56.3 Å². The summed E-state index contributed by atoms with van der Waals surface area (Å²) in [6.07, 6.45) is 1.27. The number of amides is 5. The molecule has 12 heteroatoms. The van der Waals surface area contributed by atoms with Crippen molar-refractivity contribution in [2.45, 2.75) is 44.7 Å². The summed E-state index contributed by atoms with van der Waals surface area (Å²) in [5, 5.41) is 7.17. The average Bonchev–Trinajstić information content (AvgIpc) is 3.55. The van der Waals surface area contributed by atoms with E-state index in [1.165, 1.54) is 0 Å². The highest BCUT2D eigenvalue weighted by atomic mass is 32.1. The fraction of sp³-hybridized carbons (Fsp3) is 0.333. The van der Waals surface area contributed by atoms with Crippen molar-refractivity contribution in [1.82, 2.24) is 20.1 Å². The van der Waals surface area contributed by atoms with Crippen LogP contribution in [0, 0.1) is 0 Å². The third kappa shape index (κ3) is 6.03. The zero-order valence-corrected chi connectivity index (χ0v) is 24.1. The molecule has 3 heterocycles. The maximum absolute atomic E-state index is 13.7. The first-order valence-corrected chi connectivity index (χ1v) is 14.6. The van der Waals surface area contributed by atoms with E-state index in [1.54, 1.807) is 48.4 Å². The van der Waals surface area contributed by atoms with Gasteiger partial charge in [-0.2, -0.15) is 0 Å². The highest BCUT2D eigenvalue weighted by Gasteiger charge is 2.47. The summed E-state index contributed by atoms with van der Waals surface area (Å²) in [7, 11) is 0. The minimum atomic E-state index is -1.20. The molecule has 0 unspecified atom stereocenters. The Labute approximate surface area is 246 Å². The van der Waals surface area contributed by atoms with Crippen molar-refractivity contribution in [3.05, 3.63) is 76.8 Å². The lowest BCUT2D eigenvalue weighted by Gasteiger charge is -2.30. The molecule has 0 radical (unpaired) electrons. The lowest BCUT2D eigenvalue weighted by atomic mass is 9.91. The molecular formula is C30H31N5O6S. The molecule has 1 aromatic heterocycles. The van der Waals surface area contributed by atoms with Crippen LogP contribution in [0.1, 0.15) is 60.3 Å². The van der Waals surface area contributed by atoms with Gasteiger partial charge in [-0.15, -0.1) is 11.3 Å². The molecule has 42 heavy (non-hydrogen) atoms. The van der Waals surface area contributed by atoms with E-state index in [4.69, 9.17) is 4.74 Å². The topological polar surface area (TPSA) is 138 Å². The van der Waals surface area contributed by atoms with Crippen LogP contribution in [0.15, 0.2) is 60.0 Å². The quantitative estimate of drug-likeness (QED) is 0.257. The van der Waals surface area contributed by atoms with Crippen LogP contribution in [-0.2, 0) is 14.4 Å². The van der Waals surface area contributed by atoms with E-state index in [0.29, 0.717) is 11.3 Å². The van der Waals surface area contributed by atoms with E-state index < -0.39 is 35.8 Å². The predicted molar refractivity (Wildman–Crippen MR) is 155 cm³/mol. The molecule has 5 rings (SSSR count). The van der Waals surface area contributed by atoms with Crippen LogP contribution in [0.5, 0.6) is 5.75 Å². The minimum absolute atomic E-state index is 0.0758. The number of benzene rings is 2. The maximum atomic E-state index is 13.7. The fourth-order valence-electron chi connectivity index (χ4n) is 4.87. The zero-order valence-electron chi connectivity index (χ0n) is 23.2. The molecule has 0 aliphatic carbocycles. The molecule has 3 aromatic rings. The molecule has 0 bridgehead atoms. The van der Waals surface area contributed by atoms with Crippen molar-refractivity contribution >= 4 is 46.0 Å². The summed E-state index contributed by atoms with van der Waals surface area (Å²) >= 11 is 1.10.